The highest BCUT2D eigenvalue weighted by molar-refractivity contribution is 6.06. The fraction of sp³-hybridized carbons (Fsp3) is 0.143. The van der Waals surface area contributed by atoms with Gasteiger partial charge in [0.1, 0.15) is 5.82 Å². The molecule has 0 aliphatic rings. The number of hydrogen-bond donors (Lipinski definition) is 1. The molecule has 3 aromatic rings. The van der Waals surface area contributed by atoms with Gasteiger partial charge in [-0.15, -0.1) is 0 Å². The maximum absolute atomic E-state index is 13.7. The summed E-state index contributed by atoms with van der Waals surface area (Å²) in [6.07, 6.45) is 3.17. The molecule has 0 saturated heterocycles. The maximum atomic E-state index is 13.7. The van der Waals surface area contributed by atoms with Gasteiger partial charge >= 0.3 is 0 Å². The van der Waals surface area contributed by atoms with E-state index in [0.29, 0.717) is 29.9 Å². The topological polar surface area (TPSA) is 45.2 Å². The number of rotatable bonds is 6. The second-order valence-corrected chi connectivity index (χ2v) is 5.79. The molecule has 132 valence electrons. The normalized spacial score (nSPS) is 10.4. The van der Waals surface area contributed by atoms with Gasteiger partial charge in [0.2, 0.25) is 0 Å². The van der Waals surface area contributed by atoms with Gasteiger partial charge < -0.3 is 10.2 Å². The number of nitrogens with one attached hydrogen (secondary N) is 1. The zero-order valence-corrected chi connectivity index (χ0v) is 14.5. The van der Waals surface area contributed by atoms with Crippen LogP contribution in [0.5, 0.6) is 0 Å². The van der Waals surface area contributed by atoms with Crippen LogP contribution in [0.2, 0.25) is 0 Å². The minimum absolute atomic E-state index is 0.124. The molecule has 1 heterocycles. The molecule has 0 atom stereocenters. The minimum Gasteiger partial charge on any atom is -0.380 e. The Morgan fingerprint density at radius 3 is 2.54 bits per heavy atom. The number of carbonyl (C=O) groups excluding carboxylic acids is 1. The molecule has 3 rings (SSSR count). The van der Waals surface area contributed by atoms with Gasteiger partial charge in [0.25, 0.3) is 5.91 Å². The monoisotopic (exact) mass is 349 g/mol. The van der Waals surface area contributed by atoms with Gasteiger partial charge in [0.05, 0.1) is 11.3 Å². The SMILES string of the molecule is CCN(C(=O)c1cncc(NCc2ccccc2F)c1)c1ccccc1. The third-order valence-corrected chi connectivity index (χ3v) is 4.06. The van der Waals surface area contributed by atoms with Crippen molar-refractivity contribution in [2.24, 2.45) is 0 Å². The Balaban J connectivity index is 1.76. The van der Waals surface area contributed by atoms with E-state index in [0.717, 1.165) is 5.69 Å². The summed E-state index contributed by atoms with van der Waals surface area (Å²) >= 11 is 0. The second-order valence-electron chi connectivity index (χ2n) is 5.79. The Kier molecular flexibility index (Phi) is 5.59. The Morgan fingerprint density at radius 2 is 1.81 bits per heavy atom. The van der Waals surface area contributed by atoms with Gasteiger partial charge in [-0.1, -0.05) is 36.4 Å². The van der Waals surface area contributed by atoms with Crippen LogP contribution in [-0.4, -0.2) is 17.4 Å². The van der Waals surface area contributed by atoms with Crippen molar-refractivity contribution in [1.29, 1.82) is 0 Å². The van der Waals surface area contributed by atoms with Crippen LogP contribution in [0, 0.1) is 5.82 Å². The first kappa shape index (κ1) is 17.6. The molecule has 0 radical (unpaired) electrons. The maximum Gasteiger partial charge on any atom is 0.259 e. The number of benzene rings is 2. The van der Waals surface area contributed by atoms with E-state index >= 15 is 0 Å². The quantitative estimate of drug-likeness (QED) is 0.713. The van der Waals surface area contributed by atoms with Crippen molar-refractivity contribution >= 4 is 17.3 Å². The molecular weight excluding hydrogens is 329 g/mol. The molecule has 4 nitrogen and oxygen atoms in total. The van der Waals surface area contributed by atoms with Crippen molar-refractivity contribution in [3.05, 3.63) is 90.0 Å². The number of halogens is 1. The summed E-state index contributed by atoms with van der Waals surface area (Å²) in [4.78, 5) is 18.7. The Bertz CT molecular complexity index is 883. The Labute approximate surface area is 152 Å². The van der Waals surface area contributed by atoms with E-state index in [-0.39, 0.29) is 11.7 Å². The Morgan fingerprint density at radius 1 is 1.08 bits per heavy atom. The van der Waals surface area contributed by atoms with Crippen molar-refractivity contribution in [2.75, 3.05) is 16.8 Å². The lowest BCUT2D eigenvalue weighted by Crippen LogP contribution is -2.30. The summed E-state index contributed by atoms with van der Waals surface area (Å²) < 4.78 is 13.7. The minimum atomic E-state index is -0.263. The number of para-hydroxylation sites is 1. The predicted octanol–water partition coefficient (Wildman–Crippen LogP) is 4.50. The molecule has 0 aliphatic carbocycles. The fourth-order valence-electron chi connectivity index (χ4n) is 2.70. The summed E-state index contributed by atoms with van der Waals surface area (Å²) in [7, 11) is 0. The van der Waals surface area contributed by atoms with Crippen LogP contribution in [0.15, 0.2) is 73.1 Å². The number of pyridine rings is 1. The molecule has 0 unspecified atom stereocenters. The molecular formula is C21H20FN3O. The van der Waals surface area contributed by atoms with Gasteiger partial charge in [0, 0.05) is 36.7 Å². The molecule has 26 heavy (non-hydrogen) atoms. The lowest BCUT2D eigenvalue weighted by Gasteiger charge is -2.21. The van der Waals surface area contributed by atoms with Crippen molar-refractivity contribution in [1.82, 2.24) is 4.98 Å². The smallest absolute Gasteiger partial charge is 0.259 e. The predicted molar refractivity (Wildman–Crippen MR) is 102 cm³/mol. The third-order valence-electron chi connectivity index (χ3n) is 4.06. The molecule has 0 spiro atoms. The summed E-state index contributed by atoms with van der Waals surface area (Å²) in [5, 5.41) is 3.12. The summed E-state index contributed by atoms with van der Waals surface area (Å²) in [6.45, 7) is 2.80. The lowest BCUT2D eigenvalue weighted by atomic mass is 10.2. The lowest BCUT2D eigenvalue weighted by molar-refractivity contribution is 0.0988. The van der Waals surface area contributed by atoms with Crippen LogP contribution in [0.4, 0.5) is 15.8 Å². The van der Waals surface area contributed by atoms with E-state index in [1.807, 2.05) is 37.3 Å². The van der Waals surface area contributed by atoms with Gasteiger partial charge in [0.15, 0.2) is 0 Å². The summed E-state index contributed by atoms with van der Waals surface area (Å²) in [5.74, 6) is -0.387. The largest absolute Gasteiger partial charge is 0.380 e. The van der Waals surface area contributed by atoms with E-state index < -0.39 is 0 Å². The van der Waals surface area contributed by atoms with Gasteiger partial charge in [-0.3, -0.25) is 9.78 Å². The van der Waals surface area contributed by atoms with Crippen LogP contribution in [0.1, 0.15) is 22.8 Å². The zero-order valence-electron chi connectivity index (χ0n) is 14.5. The fourth-order valence-corrected chi connectivity index (χ4v) is 2.70. The van der Waals surface area contributed by atoms with Crippen LogP contribution < -0.4 is 10.2 Å². The average Bonchev–Trinajstić information content (AvgIpc) is 2.69. The first-order valence-corrected chi connectivity index (χ1v) is 8.48. The first-order valence-electron chi connectivity index (χ1n) is 8.48. The molecule has 1 N–H and O–H groups in total. The molecule has 0 fully saturated rings. The molecule has 0 bridgehead atoms. The van der Waals surface area contributed by atoms with Crippen molar-refractivity contribution < 1.29 is 9.18 Å². The van der Waals surface area contributed by atoms with Crippen LogP contribution >= 0.6 is 0 Å². The van der Waals surface area contributed by atoms with Crippen molar-refractivity contribution in [3.63, 3.8) is 0 Å². The number of carbonyl (C=O) groups is 1. The Hall–Kier alpha value is -3.21. The first-order chi connectivity index (χ1) is 12.7. The van der Waals surface area contributed by atoms with Gasteiger partial charge in [-0.2, -0.15) is 0 Å². The van der Waals surface area contributed by atoms with E-state index in [2.05, 4.69) is 10.3 Å². The van der Waals surface area contributed by atoms with E-state index in [9.17, 15) is 9.18 Å². The molecule has 0 saturated carbocycles. The standard InChI is InChI=1S/C21H20FN3O/c1-2-25(19-9-4-3-5-10-19)21(26)17-12-18(15-23-13-17)24-14-16-8-6-7-11-20(16)22/h3-13,15,24H,2,14H2,1H3. The van der Waals surface area contributed by atoms with Gasteiger partial charge in [-0.25, -0.2) is 4.39 Å². The van der Waals surface area contributed by atoms with Crippen LogP contribution in [-0.2, 0) is 6.54 Å². The number of hydrogen-bond acceptors (Lipinski definition) is 3. The highest BCUT2D eigenvalue weighted by Gasteiger charge is 2.16. The van der Waals surface area contributed by atoms with E-state index in [1.54, 1.807) is 41.6 Å². The molecule has 1 aromatic heterocycles. The van der Waals surface area contributed by atoms with E-state index in [4.69, 9.17) is 0 Å². The molecule has 1 amide bonds. The number of nitrogens with zero attached hydrogens (tertiary/aromatic N) is 2. The summed E-state index contributed by atoms with van der Waals surface area (Å²) in [6, 6.07) is 17.8. The van der Waals surface area contributed by atoms with Crippen LogP contribution in [0.3, 0.4) is 0 Å². The van der Waals surface area contributed by atoms with Gasteiger partial charge in [-0.05, 0) is 31.2 Å². The summed E-state index contributed by atoms with van der Waals surface area (Å²) in [5.41, 5.74) is 2.55. The van der Waals surface area contributed by atoms with Crippen molar-refractivity contribution in [2.45, 2.75) is 13.5 Å². The average molecular weight is 349 g/mol. The van der Waals surface area contributed by atoms with E-state index in [1.165, 1.54) is 6.07 Å². The molecule has 5 heteroatoms. The molecule has 0 aliphatic heterocycles. The second kappa shape index (κ2) is 8.25. The highest BCUT2D eigenvalue weighted by Crippen LogP contribution is 2.18. The third kappa shape index (κ3) is 4.06. The zero-order chi connectivity index (χ0) is 18.4. The molecule has 2 aromatic carbocycles. The number of aromatic nitrogens is 1. The number of anilines is 2. The highest BCUT2D eigenvalue weighted by atomic mass is 19.1. The van der Waals surface area contributed by atoms with Crippen molar-refractivity contribution in [3.8, 4) is 0 Å². The number of amides is 1. The van der Waals surface area contributed by atoms with Crippen LogP contribution in [0.25, 0.3) is 0 Å².